The quantitative estimate of drug-likeness (QED) is 0.273. The molecule has 10 nitrogen and oxygen atoms in total. The number of anilines is 2. The van der Waals surface area contributed by atoms with E-state index in [0.29, 0.717) is 9.36 Å². The van der Waals surface area contributed by atoms with Crippen molar-refractivity contribution < 1.29 is 27.5 Å². The van der Waals surface area contributed by atoms with Crippen LogP contribution in [0.2, 0.25) is 5.02 Å². The fourth-order valence-electron chi connectivity index (χ4n) is 2.99. The van der Waals surface area contributed by atoms with Crippen LogP contribution in [0.5, 0.6) is 5.75 Å². The highest BCUT2D eigenvalue weighted by Gasteiger charge is 2.38. The van der Waals surface area contributed by atoms with Crippen LogP contribution in [0.15, 0.2) is 57.8 Å². The number of amides is 1. The minimum atomic E-state index is -4.00. The molecule has 0 saturated heterocycles. The zero-order valence-corrected chi connectivity index (χ0v) is 20.7. The van der Waals surface area contributed by atoms with Crippen LogP contribution in [0, 0.1) is 0 Å². The molecule has 0 aliphatic carbocycles. The lowest BCUT2D eigenvalue weighted by atomic mass is 10.2. The molecule has 2 heterocycles. The van der Waals surface area contributed by atoms with E-state index in [-0.39, 0.29) is 33.8 Å². The lowest BCUT2D eigenvalue weighted by Crippen LogP contribution is -2.48. The highest BCUT2D eigenvalue weighted by atomic mass is 35.5. The molecule has 3 aromatic rings. The van der Waals surface area contributed by atoms with Crippen molar-refractivity contribution in [1.29, 1.82) is 0 Å². The van der Waals surface area contributed by atoms with Crippen molar-refractivity contribution in [2.24, 2.45) is 0 Å². The zero-order chi connectivity index (χ0) is 24.3. The first-order valence-electron chi connectivity index (χ1n) is 9.66. The molecule has 1 amide bonds. The van der Waals surface area contributed by atoms with Crippen LogP contribution in [0.1, 0.15) is 0 Å². The summed E-state index contributed by atoms with van der Waals surface area (Å²) >= 11 is 8.28. The van der Waals surface area contributed by atoms with Crippen molar-refractivity contribution in [1.82, 2.24) is 10.2 Å². The van der Waals surface area contributed by atoms with Gasteiger partial charge in [0.2, 0.25) is 5.13 Å². The van der Waals surface area contributed by atoms with Crippen molar-refractivity contribution in [3.8, 4) is 5.75 Å². The van der Waals surface area contributed by atoms with Gasteiger partial charge in [0.25, 0.3) is 15.9 Å². The van der Waals surface area contributed by atoms with Gasteiger partial charge in [-0.25, -0.2) is 8.42 Å². The molecule has 1 aromatic heterocycles. The number of rotatable bonds is 7. The van der Waals surface area contributed by atoms with Gasteiger partial charge in [0, 0.05) is 5.02 Å². The second-order valence-electron chi connectivity index (χ2n) is 6.79. The smallest absolute Gasteiger partial charge is 0.316 e. The van der Waals surface area contributed by atoms with E-state index in [0.717, 1.165) is 27.4 Å². The van der Waals surface area contributed by atoms with Crippen molar-refractivity contribution in [2.75, 3.05) is 29.0 Å². The lowest BCUT2D eigenvalue weighted by Gasteiger charge is -2.34. The molecule has 4 rings (SSSR count). The highest BCUT2D eigenvalue weighted by molar-refractivity contribution is 8.01. The topological polar surface area (TPSA) is 128 Å². The molecule has 1 aliphatic rings. The molecular formula is C20H17ClN4O6S3. The Hall–Kier alpha value is -2.87. The van der Waals surface area contributed by atoms with E-state index in [4.69, 9.17) is 16.3 Å². The molecule has 0 radical (unpaired) electrons. The third-order valence-electron chi connectivity index (χ3n) is 4.59. The maximum absolute atomic E-state index is 13.4. The summed E-state index contributed by atoms with van der Waals surface area (Å²) in [4.78, 5) is 24.3. The molecule has 1 N–H and O–H groups in total. The highest BCUT2D eigenvalue weighted by Crippen LogP contribution is 2.39. The molecule has 1 aliphatic heterocycles. The molecule has 0 saturated carbocycles. The van der Waals surface area contributed by atoms with E-state index in [9.17, 15) is 18.0 Å². The van der Waals surface area contributed by atoms with E-state index >= 15 is 0 Å². The third-order valence-corrected chi connectivity index (χ3v) is 8.57. The standard InChI is InChI=1S/C20H17ClN4O6S3/c1-30-17(26)11-32-20-24-23-19(33-20)22-18(27)16-10-25(14-9-12(21)7-8-15(14)31-16)34(28,29)13-5-3-2-4-6-13/h2-9,16H,10-11H2,1H3,(H,22,23,27)/t16-/m1/s1. The Labute approximate surface area is 208 Å². The number of fused-ring (bicyclic) bond motifs is 1. The largest absolute Gasteiger partial charge is 0.476 e. The molecule has 2 aromatic carbocycles. The van der Waals surface area contributed by atoms with Crippen LogP contribution < -0.4 is 14.4 Å². The Kier molecular flexibility index (Phi) is 7.26. The molecule has 178 valence electrons. The normalized spacial score (nSPS) is 15.2. The van der Waals surface area contributed by atoms with E-state index in [2.05, 4.69) is 20.3 Å². The number of carbonyl (C=O) groups is 2. The Morgan fingerprint density at radius 3 is 2.76 bits per heavy atom. The van der Waals surface area contributed by atoms with Gasteiger partial charge in [0.1, 0.15) is 5.75 Å². The van der Waals surface area contributed by atoms with E-state index in [1.165, 1.54) is 31.4 Å². The predicted octanol–water partition coefficient (Wildman–Crippen LogP) is 3.05. The van der Waals surface area contributed by atoms with Crippen molar-refractivity contribution >= 4 is 67.4 Å². The Morgan fingerprint density at radius 1 is 1.26 bits per heavy atom. The number of thioether (sulfide) groups is 1. The number of carbonyl (C=O) groups excluding carboxylic acids is 2. The van der Waals surface area contributed by atoms with Gasteiger partial charge in [-0.1, -0.05) is 52.9 Å². The summed E-state index contributed by atoms with van der Waals surface area (Å²) in [7, 11) is -2.72. The first-order valence-corrected chi connectivity index (χ1v) is 13.3. The predicted molar refractivity (Wildman–Crippen MR) is 128 cm³/mol. The van der Waals surface area contributed by atoms with Gasteiger partial charge in [-0.05, 0) is 30.3 Å². The van der Waals surface area contributed by atoms with E-state index in [1.807, 2.05) is 0 Å². The van der Waals surface area contributed by atoms with Crippen LogP contribution in [0.25, 0.3) is 0 Å². The van der Waals surface area contributed by atoms with Gasteiger partial charge in [0.05, 0.1) is 30.0 Å². The van der Waals surface area contributed by atoms with E-state index in [1.54, 1.807) is 24.3 Å². The van der Waals surface area contributed by atoms with Gasteiger partial charge in [-0.2, -0.15) is 0 Å². The van der Waals surface area contributed by atoms with Crippen LogP contribution >= 0.6 is 34.7 Å². The number of sulfonamides is 1. The number of hydrogen-bond acceptors (Lipinski definition) is 10. The van der Waals surface area contributed by atoms with Crippen molar-refractivity contribution in [3.05, 3.63) is 53.6 Å². The zero-order valence-electron chi connectivity index (χ0n) is 17.5. The summed E-state index contributed by atoms with van der Waals surface area (Å²) in [5.41, 5.74) is 0.234. The second-order valence-corrected chi connectivity index (χ2v) is 11.3. The summed E-state index contributed by atoms with van der Waals surface area (Å²) in [5, 5.41) is 10.9. The van der Waals surface area contributed by atoms with Crippen LogP contribution in [0.4, 0.5) is 10.8 Å². The molecule has 14 heteroatoms. The fourth-order valence-corrected chi connectivity index (χ4v) is 6.23. The van der Waals surface area contributed by atoms with Crippen LogP contribution in [-0.2, 0) is 24.3 Å². The van der Waals surface area contributed by atoms with Gasteiger partial charge in [-0.3, -0.25) is 19.2 Å². The fraction of sp³-hybridized carbons (Fsp3) is 0.200. The van der Waals surface area contributed by atoms with Gasteiger partial charge in [0.15, 0.2) is 10.4 Å². The lowest BCUT2D eigenvalue weighted by molar-refractivity contribution is -0.137. The summed E-state index contributed by atoms with van der Waals surface area (Å²) in [6.07, 6.45) is -1.16. The Balaban J connectivity index is 1.56. The second kappa shape index (κ2) is 10.2. The minimum absolute atomic E-state index is 0.0520. The number of benzene rings is 2. The molecule has 1 atom stereocenters. The molecular weight excluding hydrogens is 524 g/mol. The maximum atomic E-state index is 13.4. The number of halogens is 1. The summed E-state index contributed by atoms with van der Waals surface area (Å²) in [6.45, 7) is -0.279. The molecule has 0 spiro atoms. The monoisotopic (exact) mass is 540 g/mol. The summed E-state index contributed by atoms with van der Waals surface area (Å²) in [5.74, 6) is -0.771. The first kappa shape index (κ1) is 24.3. The molecule has 34 heavy (non-hydrogen) atoms. The molecule has 0 unspecified atom stereocenters. The number of nitrogens with zero attached hydrogens (tertiary/aromatic N) is 3. The molecule has 0 fully saturated rings. The van der Waals surface area contributed by atoms with Crippen molar-refractivity contribution in [2.45, 2.75) is 15.3 Å². The average molecular weight is 541 g/mol. The van der Waals surface area contributed by atoms with Crippen molar-refractivity contribution in [3.63, 3.8) is 0 Å². The number of esters is 1. The first-order chi connectivity index (χ1) is 16.3. The number of aromatic nitrogens is 2. The average Bonchev–Trinajstić information content (AvgIpc) is 3.29. The number of nitrogens with one attached hydrogen (secondary N) is 1. The number of ether oxygens (including phenoxy) is 2. The SMILES string of the molecule is COC(=O)CSc1nnc(NC(=O)[C@H]2CN(S(=O)(=O)c3ccccc3)c3cc(Cl)ccc3O2)s1. The van der Waals surface area contributed by atoms with Gasteiger partial charge < -0.3 is 9.47 Å². The third kappa shape index (κ3) is 5.27. The van der Waals surface area contributed by atoms with Gasteiger partial charge >= 0.3 is 5.97 Å². The minimum Gasteiger partial charge on any atom is -0.476 e. The Morgan fingerprint density at radius 2 is 2.03 bits per heavy atom. The Bertz CT molecular complexity index is 1320. The maximum Gasteiger partial charge on any atom is 0.316 e. The number of methoxy groups -OCH3 is 1. The van der Waals surface area contributed by atoms with Crippen LogP contribution in [0.3, 0.4) is 0 Å². The summed E-state index contributed by atoms with van der Waals surface area (Å²) in [6, 6.07) is 12.4. The number of hydrogen-bond donors (Lipinski definition) is 1. The van der Waals surface area contributed by atoms with Crippen LogP contribution in [-0.4, -0.2) is 56.0 Å². The summed E-state index contributed by atoms with van der Waals surface area (Å²) < 4.78 is 38.7. The van der Waals surface area contributed by atoms with Gasteiger partial charge in [-0.15, -0.1) is 10.2 Å². The molecule has 0 bridgehead atoms. The van der Waals surface area contributed by atoms with E-state index < -0.39 is 28.0 Å².